The Labute approximate surface area is 97.2 Å². The normalized spacial score (nSPS) is 10.4. The van der Waals surface area contributed by atoms with Crippen molar-refractivity contribution in [2.24, 2.45) is 0 Å². The Hall–Kier alpha value is -1.74. The van der Waals surface area contributed by atoms with E-state index < -0.39 is 5.97 Å². The lowest BCUT2D eigenvalue weighted by atomic mass is 10.1. The number of rotatable bonds is 2. The third-order valence-electron chi connectivity index (χ3n) is 2.38. The Kier molecular flexibility index (Phi) is 2.71. The van der Waals surface area contributed by atoms with Gasteiger partial charge < -0.3 is 9.84 Å². The number of halogens is 1. The maximum Gasteiger partial charge on any atom is 0.339 e. The van der Waals surface area contributed by atoms with Crippen LogP contribution in [0.3, 0.4) is 0 Å². The summed E-state index contributed by atoms with van der Waals surface area (Å²) < 4.78 is 5.03. The topological polar surface area (TPSA) is 46.5 Å². The van der Waals surface area contributed by atoms with Gasteiger partial charge in [0.15, 0.2) is 5.75 Å². The summed E-state index contributed by atoms with van der Waals surface area (Å²) >= 11 is 6.10. The smallest absolute Gasteiger partial charge is 0.339 e. The molecule has 0 aliphatic carbocycles. The number of fused-ring (bicyclic) bond motifs is 1. The fraction of sp³-hybridized carbons (Fsp3) is 0.0833. The third kappa shape index (κ3) is 1.59. The molecule has 0 amide bonds. The second kappa shape index (κ2) is 4.02. The zero-order chi connectivity index (χ0) is 11.7. The molecule has 0 saturated carbocycles. The van der Waals surface area contributed by atoms with Gasteiger partial charge in [0.25, 0.3) is 0 Å². The van der Waals surface area contributed by atoms with Crippen molar-refractivity contribution in [3.63, 3.8) is 0 Å². The van der Waals surface area contributed by atoms with Crippen molar-refractivity contribution in [3.05, 3.63) is 40.9 Å². The fourth-order valence-electron chi connectivity index (χ4n) is 1.64. The number of hydrogen-bond donors (Lipinski definition) is 1. The minimum Gasteiger partial charge on any atom is -0.494 e. The summed E-state index contributed by atoms with van der Waals surface area (Å²) in [7, 11) is 1.41. The van der Waals surface area contributed by atoms with E-state index in [1.807, 2.05) is 24.3 Å². The van der Waals surface area contributed by atoms with Gasteiger partial charge in [0.1, 0.15) is 5.56 Å². The second-order valence-electron chi connectivity index (χ2n) is 3.30. The van der Waals surface area contributed by atoms with Gasteiger partial charge in [0, 0.05) is 5.39 Å². The van der Waals surface area contributed by atoms with Crippen LogP contribution in [0.1, 0.15) is 10.4 Å². The van der Waals surface area contributed by atoms with E-state index in [1.54, 1.807) is 6.07 Å². The van der Waals surface area contributed by atoms with Crippen LogP contribution in [-0.4, -0.2) is 18.2 Å². The molecule has 82 valence electrons. The van der Waals surface area contributed by atoms with Crippen LogP contribution in [0.15, 0.2) is 30.3 Å². The number of aromatic carboxylic acids is 1. The first-order chi connectivity index (χ1) is 7.65. The summed E-state index contributed by atoms with van der Waals surface area (Å²) in [6.45, 7) is 0. The van der Waals surface area contributed by atoms with Gasteiger partial charge in [-0.15, -0.1) is 0 Å². The SMILES string of the molecule is COc1c(C(=O)O)cc2ccccc2c1Cl. The molecule has 1 N–H and O–H groups in total. The van der Waals surface area contributed by atoms with E-state index in [0.717, 1.165) is 10.8 Å². The fourth-order valence-corrected chi connectivity index (χ4v) is 1.99. The maximum absolute atomic E-state index is 11.0. The Bertz CT molecular complexity index is 563. The van der Waals surface area contributed by atoms with Gasteiger partial charge >= 0.3 is 5.97 Å². The van der Waals surface area contributed by atoms with Crippen LogP contribution in [0.5, 0.6) is 5.75 Å². The largest absolute Gasteiger partial charge is 0.494 e. The molecule has 16 heavy (non-hydrogen) atoms. The van der Waals surface area contributed by atoms with Gasteiger partial charge in [-0.2, -0.15) is 0 Å². The Morgan fingerprint density at radius 3 is 2.69 bits per heavy atom. The molecule has 0 radical (unpaired) electrons. The summed E-state index contributed by atoms with van der Waals surface area (Å²) in [5.74, 6) is -0.850. The second-order valence-corrected chi connectivity index (χ2v) is 3.68. The van der Waals surface area contributed by atoms with Crippen LogP contribution < -0.4 is 4.74 Å². The quantitative estimate of drug-likeness (QED) is 0.871. The van der Waals surface area contributed by atoms with Crippen LogP contribution in [-0.2, 0) is 0 Å². The molecule has 0 atom stereocenters. The molecular formula is C12H9ClO3. The molecule has 0 unspecified atom stereocenters. The highest BCUT2D eigenvalue weighted by molar-refractivity contribution is 6.37. The summed E-state index contributed by atoms with van der Waals surface area (Å²) in [6.07, 6.45) is 0. The van der Waals surface area contributed by atoms with Crippen LogP contribution in [0, 0.1) is 0 Å². The maximum atomic E-state index is 11.0. The highest BCUT2D eigenvalue weighted by atomic mass is 35.5. The molecule has 2 aromatic carbocycles. The monoisotopic (exact) mass is 236 g/mol. The highest BCUT2D eigenvalue weighted by Gasteiger charge is 2.17. The number of carboxylic acid groups (broad SMARTS) is 1. The number of carboxylic acids is 1. The zero-order valence-electron chi connectivity index (χ0n) is 8.53. The van der Waals surface area contributed by atoms with Gasteiger partial charge in [-0.25, -0.2) is 4.79 Å². The number of benzene rings is 2. The number of carbonyl (C=O) groups is 1. The van der Waals surface area contributed by atoms with Crippen LogP contribution in [0.25, 0.3) is 10.8 Å². The van der Waals surface area contributed by atoms with E-state index in [2.05, 4.69) is 0 Å². The lowest BCUT2D eigenvalue weighted by molar-refractivity contribution is 0.0693. The number of methoxy groups -OCH3 is 1. The van der Waals surface area contributed by atoms with Crippen molar-refractivity contribution >= 4 is 28.3 Å². The predicted molar refractivity (Wildman–Crippen MR) is 62.5 cm³/mol. The van der Waals surface area contributed by atoms with Crippen molar-refractivity contribution in [2.75, 3.05) is 7.11 Å². The van der Waals surface area contributed by atoms with Crippen molar-refractivity contribution < 1.29 is 14.6 Å². The lowest BCUT2D eigenvalue weighted by Gasteiger charge is -2.10. The molecule has 3 nitrogen and oxygen atoms in total. The molecule has 2 rings (SSSR count). The molecule has 0 aliphatic heterocycles. The first kappa shape index (κ1) is 10.8. The first-order valence-corrected chi connectivity index (χ1v) is 5.01. The average molecular weight is 237 g/mol. The van der Waals surface area contributed by atoms with Crippen LogP contribution in [0.2, 0.25) is 5.02 Å². The predicted octanol–water partition coefficient (Wildman–Crippen LogP) is 3.20. The summed E-state index contributed by atoms with van der Waals surface area (Å²) in [5, 5.41) is 10.9. The first-order valence-electron chi connectivity index (χ1n) is 4.63. The van der Waals surface area contributed by atoms with Gasteiger partial charge in [0.05, 0.1) is 12.1 Å². The Balaban J connectivity index is 2.87. The number of ether oxygens (including phenoxy) is 1. The van der Waals surface area contributed by atoms with Gasteiger partial charge in [-0.05, 0) is 11.5 Å². The highest BCUT2D eigenvalue weighted by Crippen LogP contribution is 2.36. The van der Waals surface area contributed by atoms with Gasteiger partial charge in [0.2, 0.25) is 0 Å². The Morgan fingerprint density at radius 2 is 2.06 bits per heavy atom. The molecule has 0 bridgehead atoms. The molecule has 0 fully saturated rings. The van der Waals surface area contributed by atoms with E-state index >= 15 is 0 Å². The van der Waals surface area contributed by atoms with E-state index in [9.17, 15) is 4.79 Å². The van der Waals surface area contributed by atoms with E-state index in [0.29, 0.717) is 5.02 Å². The molecule has 0 aliphatic rings. The van der Waals surface area contributed by atoms with Crippen molar-refractivity contribution in [2.45, 2.75) is 0 Å². The van der Waals surface area contributed by atoms with Crippen molar-refractivity contribution in [1.82, 2.24) is 0 Å². The van der Waals surface area contributed by atoms with Crippen LogP contribution in [0.4, 0.5) is 0 Å². The minimum absolute atomic E-state index is 0.0752. The zero-order valence-corrected chi connectivity index (χ0v) is 9.28. The summed E-state index contributed by atoms with van der Waals surface area (Å²) in [5.41, 5.74) is 0.0752. The Morgan fingerprint density at radius 1 is 1.38 bits per heavy atom. The average Bonchev–Trinajstić information content (AvgIpc) is 2.29. The van der Waals surface area contributed by atoms with Crippen molar-refractivity contribution in [1.29, 1.82) is 0 Å². The molecule has 0 heterocycles. The summed E-state index contributed by atoms with van der Waals surface area (Å²) in [4.78, 5) is 11.0. The van der Waals surface area contributed by atoms with E-state index in [4.69, 9.17) is 21.4 Å². The third-order valence-corrected chi connectivity index (χ3v) is 2.75. The molecule has 0 saturated heterocycles. The standard InChI is InChI=1S/C12H9ClO3/c1-16-11-9(12(14)15)6-7-4-2-3-5-8(7)10(11)13/h2-6H,1H3,(H,14,15). The van der Waals surface area contributed by atoms with E-state index in [1.165, 1.54) is 7.11 Å². The molecular weight excluding hydrogens is 228 g/mol. The molecule has 0 spiro atoms. The molecule has 2 aromatic rings. The van der Waals surface area contributed by atoms with Gasteiger partial charge in [-0.3, -0.25) is 0 Å². The van der Waals surface area contributed by atoms with E-state index in [-0.39, 0.29) is 11.3 Å². The van der Waals surface area contributed by atoms with Gasteiger partial charge in [-0.1, -0.05) is 35.9 Å². The molecule has 4 heteroatoms. The lowest BCUT2D eigenvalue weighted by Crippen LogP contribution is -2.01. The van der Waals surface area contributed by atoms with Crippen LogP contribution >= 0.6 is 11.6 Å². The molecule has 0 aromatic heterocycles. The number of hydrogen-bond acceptors (Lipinski definition) is 2. The van der Waals surface area contributed by atoms with Crippen molar-refractivity contribution in [3.8, 4) is 5.75 Å². The summed E-state index contributed by atoms with van der Waals surface area (Å²) in [6, 6.07) is 8.87. The minimum atomic E-state index is -1.05.